The standard InChI is InChI=1S/C32H37N3O8/c1-14(2)34-13-17-10-15(6-9-22(17)43-5)18-7-8-21(36)24-19(18)11-16-12-20-26(35(3)4)28(38)25(31(33)41)30(40)32(20,42)29(39)23(16)27(24)37/h6-10,14,16,20,23,25-26,34,36,42H,11-13H2,1-5H3,(H2,33,41)/t16-,20-,23?,25?,26-,32-/m0/s1. The Bertz CT molecular complexity index is 1550. The number of rotatable bonds is 7. The minimum atomic E-state index is -2.75. The second-order valence-electron chi connectivity index (χ2n) is 12.3. The second-order valence-corrected chi connectivity index (χ2v) is 12.3. The maximum atomic E-state index is 14.0. The van der Waals surface area contributed by atoms with E-state index in [4.69, 9.17) is 10.5 Å². The van der Waals surface area contributed by atoms with Crippen molar-refractivity contribution in [2.45, 2.75) is 50.9 Å². The van der Waals surface area contributed by atoms with Crippen LogP contribution in [0.15, 0.2) is 30.3 Å². The number of nitrogens with two attached hydrogens (primary N) is 1. The Morgan fingerprint density at radius 3 is 2.44 bits per heavy atom. The molecule has 11 heteroatoms. The van der Waals surface area contributed by atoms with Crippen LogP contribution in [0, 0.1) is 23.7 Å². The van der Waals surface area contributed by atoms with Crippen molar-refractivity contribution in [3.05, 3.63) is 47.0 Å². The summed E-state index contributed by atoms with van der Waals surface area (Å²) in [6, 6.07) is 7.83. The minimum Gasteiger partial charge on any atom is -0.507 e. The summed E-state index contributed by atoms with van der Waals surface area (Å²) in [5, 5.41) is 26.0. The van der Waals surface area contributed by atoms with Crippen molar-refractivity contribution in [3.63, 3.8) is 0 Å². The number of likely N-dealkylation sites (N-methyl/N-ethyl adjacent to an activating group) is 1. The number of carbonyl (C=O) groups excluding carboxylic acids is 5. The van der Waals surface area contributed by atoms with Gasteiger partial charge in [-0.15, -0.1) is 0 Å². The van der Waals surface area contributed by atoms with Gasteiger partial charge in [0.15, 0.2) is 34.7 Å². The monoisotopic (exact) mass is 591 g/mol. The van der Waals surface area contributed by atoms with Crippen molar-refractivity contribution >= 4 is 29.0 Å². The number of Topliss-reactive ketones (excluding diaryl/α,β-unsaturated/α-hetero) is 4. The van der Waals surface area contributed by atoms with E-state index in [0.717, 1.165) is 11.1 Å². The number of benzene rings is 2. The molecule has 0 radical (unpaired) electrons. The fourth-order valence-electron chi connectivity index (χ4n) is 7.27. The molecule has 0 aromatic heterocycles. The molecule has 6 atom stereocenters. The predicted molar refractivity (Wildman–Crippen MR) is 155 cm³/mol. The van der Waals surface area contributed by atoms with Crippen LogP contribution in [0.25, 0.3) is 11.1 Å². The molecule has 5 N–H and O–H groups in total. The highest BCUT2D eigenvalue weighted by Crippen LogP contribution is 2.51. The molecule has 2 fully saturated rings. The average molecular weight is 592 g/mol. The number of phenolic OH excluding ortho intramolecular Hbond substituents is 1. The number of ketones is 4. The molecule has 0 heterocycles. The summed E-state index contributed by atoms with van der Waals surface area (Å²) in [5.41, 5.74) is 5.49. The Morgan fingerprint density at radius 1 is 1.14 bits per heavy atom. The highest BCUT2D eigenvalue weighted by molar-refractivity contribution is 6.32. The summed E-state index contributed by atoms with van der Waals surface area (Å²) in [4.78, 5) is 68.4. The minimum absolute atomic E-state index is 0.00877. The van der Waals surface area contributed by atoms with E-state index in [9.17, 15) is 34.2 Å². The number of fused-ring (bicyclic) bond motifs is 3. The number of nitrogens with zero attached hydrogens (tertiary/aromatic N) is 1. The molecular weight excluding hydrogens is 554 g/mol. The SMILES string of the molecule is COc1ccc(-c2ccc(O)c3c2C[C@H]2C[C@H]4[C@H](N(C)C)C(=O)C(C(N)=O)C(=O)[C@@]4(O)C(=O)C2C3=O)cc1CNC(C)C. The van der Waals surface area contributed by atoms with Crippen molar-refractivity contribution in [2.75, 3.05) is 21.2 Å². The van der Waals surface area contributed by atoms with Crippen molar-refractivity contribution in [3.8, 4) is 22.6 Å². The molecule has 5 rings (SSSR count). The predicted octanol–water partition coefficient (Wildman–Crippen LogP) is 1.04. The molecule has 43 heavy (non-hydrogen) atoms. The molecule has 3 aliphatic carbocycles. The number of aliphatic hydroxyl groups is 1. The molecule has 2 unspecified atom stereocenters. The Kier molecular flexibility index (Phi) is 7.78. The van der Waals surface area contributed by atoms with Gasteiger partial charge >= 0.3 is 0 Å². The first kappa shape index (κ1) is 30.5. The van der Waals surface area contributed by atoms with E-state index >= 15 is 0 Å². The van der Waals surface area contributed by atoms with Gasteiger partial charge in [0.2, 0.25) is 5.91 Å². The molecule has 0 saturated heterocycles. The van der Waals surface area contributed by atoms with Gasteiger partial charge in [0, 0.05) is 24.1 Å². The van der Waals surface area contributed by atoms with Crippen LogP contribution >= 0.6 is 0 Å². The number of phenols is 1. The summed E-state index contributed by atoms with van der Waals surface area (Å²) < 4.78 is 5.55. The van der Waals surface area contributed by atoms with Crippen LogP contribution in [0.5, 0.6) is 11.5 Å². The lowest BCUT2D eigenvalue weighted by molar-refractivity contribution is -0.181. The summed E-state index contributed by atoms with van der Waals surface area (Å²) >= 11 is 0. The smallest absolute Gasteiger partial charge is 0.235 e. The Balaban J connectivity index is 1.62. The summed E-state index contributed by atoms with van der Waals surface area (Å²) in [6.07, 6.45) is 0.173. The zero-order chi connectivity index (χ0) is 31.5. The Labute approximate surface area is 249 Å². The summed E-state index contributed by atoms with van der Waals surface area (Å²) in [7, 11) is 4.70. The average Bonchev–Trinajstić information content (AvgIpc) is 2.93. The molecule has 2 aromatic rings. The number of hydrogen-bond donors (Lipinski definition) is 4. The molecule has 228 valence electrons. The molecule has 3 aliphatic rings. The van der Waals surface area contributed by atoms with E-state index in [1.165, 1.54) is 11.0 Å². The maximum Gasteiger partial charge on any atom is 0.235 e. The number of nitrogens with one attached hydrogen (secondary N) is 1. The van der Waals surface area contributed by atoms with Crippen molar-refractivity contribution < 1.29 is 38.9 Å². The first-order valence-electron chi connectivity index (χ1n) is 14.3. The molecule has 0 aliphatic heterocycles. The Hall–Kier alpha value is -3.93. The largest absolute Gasteiger partial charge is 0.507 e. The topological polar surface area (TPSA) is 176 Å². The fraction of sp³-hybridized carbons (Fsp3) is 0.469. The quantitative estimate of drug-likeness (QED) is 0.340. The molecular formula is C32H37N3O8. The number of hydrogen-bond acceptors (Lipinski definition) is 10. The second kappa shape index (κ2) is 11.0. The number of ether oxygens (including phenoxy) is 1. The lowest BCUT2D eigenvalue weighted by Crippen LogP contribution is -2.74. The normalized spacial score (nSPS) is 28.5. The van der Waals surface area contributed by atoms with Crippen LogP contribution in [-0.4, -0.2) is 83.0 Å². The first-order valence-corrected chi connectivity index (χ1v) is 14.3. The van der Waals surface area contributed by atoms with E-state index < -0.39 is 64.4 Å². The van der Waals surface area contributed by atoms with Crippen molar-refractivity contribution in [1.29, 1.82) is 0 Å². The number of methoxy groups -OCH3 is 1. The first-order chi connectivity index (χ1) is 20.2. The van der Waals surface area contributed by atoms with Crippen LogP contribution < -0.4 is 15.8 Å². The van der Waals surface area contributed by atoms with Gasteiger partial charge in [-0.05, 0) is 67.7 Å². The van der Waals surface area contributed by atoms with Gasteiger partial charge in [0.1, 0.15) is 11.5 Å². The van der Waals surface area contributed by atoms with E-state index in [0.29, 0.717) is 23.4 Å². The van der Waals surface area contributed by atoms with Crippen molar-refractivity contribution in [2.24, 2.45) is 29.4 Å². The molecule has 2 saturated carbocycles. The van der Waals surface area contributed by atoms with Gasteiger partial charge in [-0.1, -0.05) is 26.0 Å². The van der Waals surface area contributed by atoms with Gasteiger partial charge in [-0.2, -0.15) is 0 Å². The third-order valence-electron chi connectivity index (χ3n) is 9.24. The highest BCUT2D eigenvalue weighted by Gasteiger charge is 2.69. The van der Waals surface area contributed by atoms with Crippen LogP contribution in [0.1, 0.15) is 41.8 Å². The lowest BCUT2D eigenvalue weighted by Gasteiger charge is -2.52. The number of carbonyl (C=O) groups is 5. The highest BCUT2D eigenvalue weighted by atomic mass is 16.5. The van der Waals surface area contributed by atoms with Gasteiger partial charge in [-0.25, -0.2) is 0 Å². The van der Waals surface area contributed by atoms with Gasteiger partial charge in [-0.3, -0.25) is 28.9 Å². The third kappa shape index (κ3) is 4.66. The lowest BCUT2D eigenvalue weighted by atomic mass is 9.52. The molecule has 1 amide bonds. The van der Waals surface area contributed by atoms with E-state index in [1.54, 1.807) is 27.3 Å². The van der Waals surface area contributed by atoms with Gasteiger partial charge in [0.25, 0.3) is 0 Å². The molecule has 11 nitrogen and oxygen atoms in total. The Morgan fingerprint density at radius 2 is 1.84 bits per heavy atom. The maximum absolute atomic E-state index is 14.0. The number of aromatic hydroxyl groups is 1. The van der Waals surface area contributed by atoms with Gasteiger partial charge < -0.3 is 26.0 Å². The van der Waals surface area contributed by atoms with E-state index in [2.05, 4.69) is 5.32 Å². The van der Waals surface area contributed by atoms with E-state index in [-0.39, 0.29) is 30.2 Å². The van der Waals surface area contributed by atoms with Crippen LogP contribution in [0.2, 0.25) is 0 Å². The molecule has 2 aromatic carbocycles. The van der Waals surface area contributed by atoms with Crippen LogP contribution in [0.3, 0.4) is 0 Å². The molecule has 0 spiro atoms. The zero-order valence-electron chi connectivity index (χ0n) is 24.8. The van der Waals surface area contributed by atoms with Crippen LogP contribution in [-0.2, 0) is 32.1 Å². The number of amides is 1. The summed E-state index contributed by atoms with van der Waals surface area (Å²) in [5.74, 6) is -9.99. The van der Waals surface area contributed by atoms with Crippen LogP contribution in [0.4, 0.5) is 0 Å². The van der Waals surface area contributed by atoms with Gasteiger partial charge in [0.05, 0.1) is 24.6 Å². The summed E-state index contributed by atoms with van der Waals surface area (Å²) in [6.45, 7) is 4.60. The number of primary amides is 1. The van der Waals surface area contributed by atoms with E-state index in [1.807, 2.05) is 32.0 Å². The molecule has 0 bridgehead atoms. The zero-order valence-corrected chi connectivity index (χ0v) is 24.8. The third-order valence-corrected chi connectivity index (χ3v) is 9.24. The fourth-order valence-corrected chi connectivity index (χ4v) is 7.27. The van der Waals surface area contributed by atoms with Crippen molar-refractivity contribution in [1.82, 2.24) is 10.2 Å².